The molecule has 0 aliphatic carbocycles. The highest BCUT2D eigenvalue weighted by Crippen LogP contribution is 2.53. The first-order valence-electron chi connectivity index (χ1n) is 19.4. The lowest BCUT2D eigenvalue weighted by Crippen LogP contribution is -2.61. The fourth-order valence-corrected chi connectivity index (χ4v) is 7.51. The van der Waals surface area contributed by atoms with Gasteiger partial charge in [-0.15, -0.1) is 0 Å². The van der Waals surface area contributed by atoms with E-state index in [2.05, 4.69) is 0 Å². The average molecular weight is 953 g/mol. The molecule has 1 unspecified atom stereocenters. The third kappa shape index (κ3) is 7.76. The number of carbonyl (C=O) groups excluding carboxylic acids is 3. The minimum Gasteiger partial charge on any atom is -0.504 e. The van der Waals surface area contributed by atoms with Crippen LogP contribution in [-0.2, 0) is 23.7 Å². The van der Waals surface area contributed by atoms with Crippen molar-refractivity contribution in [2.24, 2.45) is 0 Å². The molecule has 25 heteroatoms. The Morgan fingerprint density at radius 3 is 2.07 bits per heavy atom. The number of fused-ring (bicyclic) bond motifs is 5. The van der Waals surface area contributed by atoms with Crippen LogP contribution in [0.1, 0.15) is 50.0 Å². The molecule has 358 valence electrons. The summed E-state index contributed by atoms with van der Waals surface area (Å²) in [5.74, 6) is -20.2. The minimum absolute atomic E-state index is 0.150. The number of aliphatic hydroxyl groups is 4. The largest absolute Gasteiger partial charge is 0.504 e. The van der Waals surface area contributed by atoms with Gasteiger partial charge in [0.25, 0.3) is 0 Å². The third-order valence-corrected chi connectivity index (χ3v) is 10.8. The number of aldehydes is 1. The van der Waals surface area contributed by atoms with E-state index in [9.17, 15) is 90.7 Å². The maximum atomic E-state index is 14.0. The predicted molar refractivity (Wildman–Crippen MR) is 222 cm³/mol. The van der Waals surface area contributed by atoms with Crippen molar-refractivity contribution in [2.75, 3.05) is 13.7 Å². The summed E-state index contributed by atoms with van der Waals surface area (Å²) in [4.78, 5) is 52.8. The van der Waals surface area contributed by atoms with E-state index < -0.39 is 191 Å². The molecule has 5 aromatic rings. The van der Waals surface area contributed by atoms with Crippen LogP contribution in [0, 0.1) is 0 Å². The number of hydrogen-bond acceptors (Lipinski definition) is 25. The highest BCUT2D eigenvalue weighted by atomic mass is 16.7. The summed E-state index contributed by atoms with van der Waals surface area (Å²) in [6.07, 6.45) is -7.99. The monoisotopic (exact) mass is 952 g/mol. The molecule has 2 aliphatic rings. The van der Waals surface area contributed by atoms with Gasteiger partial charge in [-0.1, -0.05) is 6.92 Å². The summed E-state index contributed by atoms with van der Waals surface area (Å²) in [7, 11) is 1.04. The number of esters is 2. The van der Waals surface area contributed by atoms with Crippen molar-refractivity contribution < 1.29 is 119 Å². The number of allylic oxidation sites excluding steroid dienone is 2. The number of hydrogen-bond donors (Lipinski definition) is 14. The lowest BCUT2D eigenvalue weighted by molar-refractivity contribution is -0.290. The molecule has 0 saturated carbocycles. The predicted octanol–water partition coefficient (Wildman–Crippen LogP) is 3.64. The SMILES string of the molecule is CC\C1=C(O)/C(O)=C(O)\C=C\O[C@H]2C(O)O[C@H](COC(=O)c3cc(O)c(O)c(O)c3Oc3c(O)cc4c(=O)oc5c(O)c(O)cc(C=O)c5c4c3O)[C@@H](OC)[C@@H]2OC(=O)c2cc(O)c(O)c(O)c21. The van der Waals surface area contributed by atoms with Crippen LogP contribution in [-0.4, -0.2) is 134 Å². The Labute approximate surface area is 377 Å². The lowest BCUT2D eigenvalue weighted by Gasteiger charge is -2.42. The molecule has 0 spiro atoms. The van der Waals surface area contributed by atoms with Crippen molar-refractivity contribution in [3.63, 3.8) is 0 Å². The maximum absolute atomic E-state index is 14.0. The van der Waals surface area contributed by atoms with E-state index in [1.807, 2.05) is 0 Å². The molecule has 5 atom stereocenters. The van der Waals surface area contributed by atoms with E-state index in [1.54, 1.807) is 0 Å². The molecular weight excluding hydrogens is 916 g/mol. The van der Waals surface area contributed by atoms with Gasteiger partial charge in [0.15, 0.2) is 82.1 Å². The first-order chi connectivity index (χ1) is 32.2. The van der Waals surface area contributed by atoms with E-state index in [4.69, 9.17) is 32.8 Å². The number of carbonyl (C=O) groups is 3. The summed E-state index contributed by atoms with van der Waals surface area (Å²) >= 11 is 0. The molecule has 0 amide bonds. The van der Waals surface area contributed by atoms with Gasteiger partial charge in [0, 0.05) is 46.7 Å². The fraction of sp³-hybridized carbons (Fsp3) is 0.209. The lowest BCUT2D eigenvalue weighted by atomic mass is 9.93. The Morgan fingerprint density at radius 1 is 0.750 bits per heavy atom. The number of phenols is 10. The second-order valence-corrected chi connectivity index (χ2v) is 14.7. The van der Waals surface area contributed by atoms with E-state index in [-0.39, 0.29) is 12.7 Å². The Bertz CT molecular complexity index is 3110. The van der Waals surface area contributed by atoms with Crippen LogP contribution in [0.3, 0.4) is 0 Å². The molecule has 0 radical (unpaired) electrons. The van der Waals surface area contributed by atoms with Crippen LogP contribution in [0.4, 0.5) is 0 Å². The van der Waals surface area contributed by atoms with Crippen molar-refractivity contribution >= 4 is 45.5 Å². The average Bonchev–Trinajstić information content (AvgIpc) is 3.31. The van der Waals surface area contributed by atoms with Gasteiger partial charge in [-0.2, -0.15) is 0 Å². The normalized spacial score (nSPS) is 22.4. The Morgan fingerprint density at radius 2 is 1.41 bits per heavy atom. The van der Waals surface area contributed by atoms with Crippen molar-refractivity contribution in [1.29, 1.82) is 0 Å². The molecule has 0 bridgehead atoms. The molecule has 68 heavy (non-hydrogen) atoms. The molecule has 4 aromatic carbocycles. The summed E-state index contributed by atoms with van der Waals surface area (Å²) in [6, 6.07) is 2.52. The standard InChI is InChI=1S/C43H36O25/c1-3-13-24-14(7-19(47)28(52)31(24)55)41(59)68-38-36(62-2)22(65-43(61)39(38)63-5-4-17(45)27(51)26(13)50)11-64-40(58)16-9-20(48)29(53)33(57)34(16)66-35-21(49)8-15-25(32(35)56)23-12(10-44)6-18(46)30(54)37(23)67-42(15)60/h4-10,22,36,38-39,43,45-57,61H,3,11H2,1-2H3/b5-4+,26-13-,27-17-/t22-,36-,38+,39-,43?/m1/s1. The Balaban J connectivity index is 1.26. The zero-order valence-corrected chi connectivity index (χ0v) is 34.6. The highest BCUT2D eigenvalue weighted by molar-refractivity contribution is 6.17. The van der Waals surface area contributed by atoms with E-state index in [1.165, 1.54) is 6.92 Å². The molecule has 25 nitrogen and oxygen atoms in total. The van der Waals surface area contributed by atoms with E-state index in [0.29, 0.717) is 30.5 Å². The van der Waals surface area contributed by atoms with Gasteiger partial charge in [-0.05, 0) is 24.6 Å². The molecule has 2 aliphatic heterocycles. The number of phenolic OH excluding ortho intramolecular Hbond substituents is 10. The van der Waals surface area contributed by atoms with Gasteiger partial charge in [0.2, 0.25) is 34.5 Å². The second kappa shape index (κ2) is 17.8. The van der Waals surface area contributed by atoms with Crippen LogP contribution in [0.15, 0.2) is 63.1 Å². The molecule has 1 saturated heterocycles. The van der Waals surface area contributed by atoms with Crippen LogP contribution >= 0.6 is 0 Å². The fourth-order valence-electron chi connectivity index (χ4n) is 7.51. The number of benzene rings is 4. The number of methoxy groups -OCH3 is 1. The first-order valence-corrected chi connectivity index (χ1v) is 19.4. The van der Waals surface area contributed by atoms with Crippen molar-refractivity contribution in [3.8, 4) is 69.0 Å². The van der Waals surface area contributed by atoms with Crippen molar-refractivity contribution in [2.45, 2.75) is 44.1 Å². The Hall–Kier alpha value is -8.94. The van der Waals surface area contributed by atoms with Gasteiger partial charge < -0.3 is 104 Å². The van der Waals surface area contributed by atoms with Crippen LogP contribution in [0.2, 0.25) is 0 Å². The van der Waals surface area contributed by atoms with Crippen LogP contribution < -0.4 is 10.4 Å². The summed E-state index contributed by atoms with van der Waals surface area (Å²) < 4.78 is 38.2. The zero-order valence-electron chi connectivity index (χ0n) is 34.6. The van der Waals surface area contributed by atoms with Gasteiger partial charge in [-0.25, -0.2) is 14.4 Å². The second-order valence-electron chi connectivity index (χ2n) is 14.7. The van der Waals surface area contributed by atoms with E-state index in [0.717, 1.165) is 13.2 Å². The number of aromatic hydroxyl groups is 10. The van der Waals surface area contributed by atoms with Gasteiger partial charge in [-0.3, -0.25) is 4.79 Å². The molecule has 1 aromatic heterocycles. The number of rotatable bonds is 8. The quantitative estimate of drug-likeness (QED) is 0.0347. The molecule has 3 heterocycles. The smallest absolute Gasteiger partial charge is 0.344 e. The maximum Gasteiger partial charge on any atom is 0.344 e. The number of aliphatic hydroxyl groups excluding tert-OH is 4. The third-order valence-electron chi connectivity index (χ3n) is 10.8. The molecule has 14 N–H and O–H groups in total. The van der Waals surface area contributed by atoms with Gasteiger partial charge in [0.1, 0.15) is 24.4 Å². The topological polar surface area (TPSA) is 420 Å². The summed E-state index contributed by atoms with van der Waals surface area (Å²) in [6.45, 7) is 0.372. The minimum atomic E-state index is -2.17. The number of ether oxygens (including phenoxy) is 6. The van der Waals surface area contributed by atoms with Crippen molar-refractivity contribution in [3.05, 3.63) is 86.6 Å². The molecular formula is C43H36O25. The van der Waals surface area contributed by atoms with E-state index >= 15 is 0 Å². The highest BCUT2D eigenvalue weighted by Gasteiger charge is 2.50. The first kappa shape index (κ1) is 47.0. The van der Waals surface area contributed by atoms with Crippen molar-refractivity contribution in [1.82, 2.24) is 0 Å². The van der Waals surface area contributed by atoms with Gasteiger partial charge in [0.05, 0.1) is 17.2 Å². The summed E-state index contributed by atoms with van der Waals surface area (Å²) in [5, 5.41) is 148. The zero-order chi connectivity index (χ0) is 49.8. The van der Waals surface area contributed by atoms with Crippen LogP contribution in [0.25, 0.3) is 27.3 Å². The Kier molecular flexibility index (Phi) is 12.3. The van der Waals surface area contributed by atoms with Gasteiger partial charge >= 0.3 is 17.6 Å². The molecule has 7 rings (SSSR count). The van der Waals surface area contributed by atoms with Crippen LogP contribution in [0.5, 0.6) is 69.0 Å². The molecule has 1 fully saturated rings. The summed E-state index contributed by atoms with van der Waals surface area (Å²) in [5.41, 5.74) is -5.47.